The summed E-state index contributed by atoms with van der Waals surface area (Å²) in [6, 6.07) is 3.77. The first-order valence-corrected chi connectivity index (χ1v) is 6.30. The first-order chi connectivity index (χ1) is 8.14. The Hall–Kier alpha value is -0.995. The Balaban J connectivity index is 2.42. The molecule has 0 aromatic heterocycles. The smallest absolute Gasteiger partial charge is 0.498 e. The van der Waals surface area contributed by atoms with Gasteiger partial charge in [0.05, 0.1) is 11.2 Å². The highest BCUT2D eigenvalue weighted by Gasteiger charge is 2.52. The van der Waals surface area contributed by atoms with Gasteiger partial charge in [-0.1, -0.05) is 6.07 Å². The molecule has 0 radical (unpaired) electrons. The molecule has 1 aliphatic heterocycles. The Kier molecular flexibility index (Phi) is 2.99. The summed E-state index contributed by atoms with van der Waals surface area (Å²) in [4.78, 5) is 0. The van der Waals surface area contributed by atoms with E-state index in [-0.39, 0.29) is 17.0 Å². The molecule has 0 amide bonds. The van der Waals surface area contributed by atoms with Gasteiger partial charge in [0, 0.05) is 5.46 Å². The molecule has 1 saturated heterocycles. The van der Waals surface area contributed by atoms with Gasteiger partial charge in [0.1, 0.15) is 5.75 Å². The second-order valence-electron chi connectivity index (χ2n) is 6.10. The lowest BCUT2D eigenvalue weighted by atomic mass is 9.75. The first kappa shape index (κ1) is 13.4. The van der Waals surface area contributed by atoms with Crippen LogP contribution < -0.4 is 5.46 Å². The van der Waals surface area contributed by atoms with Crippen molar-refractivity contribution in [1.29, 1.82) is 0 Å². The number of rotatable bonds is 1. The van der Waals surface area contributed by atoms with Crippen molar-refractivity contribution in [2.75, 3.05) is 0 Å². The summed E-state index contributed by atoms with van der Waals surface area (Å²) in [6.45, 7) is 12.0. The second-order valence-corrected chi connectivity index (χ2v) is 6.10. The van der Waals surface area contributed by atoms with Crippen molar-refractivity contribution in [3.63, 3.8) is 0 Å². The van der Waals surface area contributed by atoms with Gasteiger partial charge in [-0.05, 0) is 58.7 Å². The van der Waals surface area contributed by atoms with E-state index >= 15 is 0 Å². The maximum absolute atomic E-state index is 10.1. The molecule has 3 nitrogen and oxygen atoms in total. The van der Waals surface area contributed by atoms with Gasteiger partial charge in [-0.3, -0.25) is 0 Å². The quantitative estimate of drug-likeness (QED) is 0.775. The highest BCUT2D eigenvalue weighted by atomic mass is 16.7. The van der Waals surface area contributed by atoms with Gasteiger partial charge in [0.25, 0.3) is 0 Å². The molecule has 1 fully saturated rings. The average Bonchev–Trinajstić information content (AvgIpc) is 2.32. The van der Waals surface area contributed by atoms with E-state index in [0.29, 0.717) is 0 Å². The van der Waals surface area contributed by atoms with Gasteiger partial charge in [-0.25, -0.2) is 0 Å². The molecular weight excluding hydrogens is 227 g/mol. The van der Waals surface area contributed by atoms with E-state index in [1.807, 2.05) is 47.6 Å². The van der Waals surface area contributed by atoms with Gasteiger partial charge in [0.2, 0.25) is 0 Å². The maximum atomic E-state index is 10.1. The highest BCUT2D eigenvalue weighted by molar-refractivity contribution is 6.63. The van der Waals surface area contributed by atoms with E-state index in [2.05, 4.69) is 0 Å². The van der Waals surface area contributed by atoms with Crippen LogP contribution in [0, 0.1) is 13.8 Å². The molecule has 0 unspecified atom stereocenters. The van der Waals surface area contributed by atoms with Crippen LogP contribution in [0.1, 0.15) is 38.8 Å². The number of benzene rings is 1. The summed E-state index contributed by atoms with van der Waals surface area (Å²) in [5.41, 5.74) is 1.98. The molecule has 2 rings (SSSR count). The van der Waals surface area contributed by atoms with Gasteiger partial charge < -0.3 is 14.4 Å². The zero-order chi connectivity index (χ0) is 13.7. The van der Waals surface area contributed by atoms with Crippen LogP contribution in [0.4, 0.5) is 0 Å². The molecule has 0 spiro atoms. The maximum Gasteiger partial charge on any atom is 0.498 e. The molecule has 1 aliphatic rings. The van der Waals surface area contributed by atoms with Crippen LogP contribution in [-0.2, 0) is 9.31 Å². The van der Waals surface area contributed by atoms with E-state index in [9.17, 15) is 5.11 Å². The van der Waals surface area contributed by atoms with Crippen molar-refractivity contribution >= 4 is 12.6 Å². The molecular formula is C14H21BO3. The fraction of sp³-hybridized carbons (Fsp3) is 0.571. The van der Waals surface area contributed by atoms with Crippen LogP contribution in [0.2, 0.25) is 0 Å². The number of hydrogen-bond donors (Lipinski definition) is 1. The van der Waals surface area contributed by atoms with E-state index in [1.165, 1.54) is 0 Å². The molecule has 0 atom stereocenters. The third kappa shape index (κ3) is 2.04. The number of aryl methyl sites for hydroxylation is 2. The molecule has 98 valence electrons. The van der Waals surface area contributed by atoms with E-state index in [4.69, 9.17) is 9.31 Å². The van der Waals surface area contributed by atoms with Crippen molar-refractivity contribution in [3.05, 3.63) is 23.3 Å². The number of phenolic OH excluding ortho intramolecular Hbond substituents is 1. The molecule has 4 heteroatoms. The van der Waals surface area contributed by atoms with Gasteiger partial charge in [-0.2, -0.15) is 0 Å². The van der Waals surface area contributed by atoms with Crippen LogP contribution >= 0.6 is 0 Å². The highest BCUT2D eigenvalue weighted by Crippen LogP contribution is 2.37. The lowest BCUT2D eigenvalue weighted by Crippen LogP contribution is -2.41. The summed E-state index contributed by atoms with van der Waals surface area (Å²) in [5.74, 6) is 0.242. The Morgan fingerprint density at radius 1 is 1.00 bits per heavy atom. The van der Waals surface area contributed by atoms with Crippen LogP contribution in [0.5, 0.6) is 5.75 Å². The normalized spacial score (nSPS) is 21.3. The van der Waals surface area contributed by atoms with Crippen LogP contribution in [-0.4, -0.2) is 23.4 Å². The van der Waals surface area contributed by atoms with E-state index < -0.39 is 7.12 Å². The molecule has 1 aromatic rings. The minimum Gasteiger partial charge on any atom is -0.508 e. The van der Waals surface area contributed by atoms with Gasteiger partial charge in [-0.15, -0.1) is 0 Å². The minimum atomic E-state index is -0.504. The Morgan fingerprint density at radius 2 is 1.50 bits per heavy atom. The van der Waals surface area contributed by atoms with E-state index in [0.717, 1.165) is 16.6 Å². The van der Waals surface area contributed by atoms with E-state index in [1.54, 1.807) is 6.07 Å². The third-order valence-electron chi connectivity index (χ3n) is 4.00. The Bertz CT molecular complexity index is 441. The molecule has 18 heavy (non-hydrogen) atoms. The Morgan fingerprint density at radius 3 is 1.94 bits per heavy atom. The fourth-order valence-corrected chi connectivity index (χ4v) is 2.22. The molecule has 1 N–H and O–H groups in total. The minimum absolute atomic E-state index is 0.242. The van der Waals surface area contributed by atoms with Crippen molar-refractivity contribution in [3.8, 4) is 5.75 Å². The number of aromatic hydroxyl groups is 1. The largest absolute Gasteiger partial charge is 0.508 e. The molecule has 1 heterocycles. The summed E-state index contributed by atoms with van der Waals surface area (Å²) in [6.07, 6.45) is 0. The van der Waals surface area contributed by atoms with Crippen molar-refractivity contribution in [2.45, 2.75) is 52.7 Å². The number of hydrogen-bond acceptors (Lipinski definition) is 3. The predicted octanol–water partition coefficient (Wildman–Crippen LogP) is 2.31. The lowest BCUT2D eigenvalue weighted by Gasteiger charge is -2.32. The molecule has 0 bridgehead atoms. The van der Waals surface area contributed by atoms with Crippen LogP contribution in [0.15, 0.2) is 12.1 Å². The zero-order valence-electron chi connectivity index (χ0n) is 12.0. The van der Waals surface area contributed by atoms with Gasteiger partial charge >= 0.3 is 7.12 Å². The number of phenols is 1. The monoisotopic (exact) mass is 248 g/mol. The van der Waals surface area contributed by atoms with Gasteiger partial charge in [0.15, 0.2) is 0 Å². The summed E-state index contributed by atoms with van der Waals surface area (Å²) in [5, 5.41) is 10.1. The first-order valence-electron chi connectivity index (χ1n) is 6.30. The van der Waals surface area contributed by atoms with Crippen molar-refractivity contribution in [2.24, 2.45) is 0 Å². The second kappa shape index (κ2) is 4.00. The molecule has 1 aromatic carbocycles. The molecule has 0 aliphatic carbocycles. The third-order valence-corrected chi connectivity index (χ3v) is 4.00. The summed E-state index contributed by atoms with van der Waals surface area (Å²) >= 11 is 0. The zero-order valence-corrected chi connectivity index (χ0v) is 12.0. The standard InChI is InChI=1S/C14H21BO3/c1-9-7-10(2)12(11(16)8-9)15-17-13(3,4)14(5,6)18-15/h7-8,16H,1-6H3. The van der Waals surface area contributed by atoms with Crippen molar-refractivity contribution < 1.29 is 14.4 Å². The molecule has 0 saturated carbocycles. The topological polar surface area (TPSA) is 38.7 Å². The summed E-state index contributed by atoms with van der Waals surface area (Å²) < 4.78 is 11.9. The van der Waals surface area contributed by atoms with Crippen LogP contribution in [0.3, 0.4) is 0 Å². The lowest BCUT2D eigenvalue weighted by molar-refractivity contribution is 0.00578. The van der Waals surface area contributed by atoms with Crippen molar-refractivity contribution in [1.82, 2.24) is 0 Å². The summed E-state index contributed by atoms with van der Waals surface area (Å²) in [7, 11) is -0.504. The predicted molar refractivity (Wildman–Crippen MR) is 73.3 cm³/mol. The Labute approximate surface area is 109 Å². The fourth-order valence-electron chi connectivity index (χ4n) is 2.22. The average molecular weight is 248 g/mol. The SMILES string of the molecule is Cc1cc(C)c(B2OC(C)(C)C(C)(C)O2)c(O)c1. The van der Waals surface area contributed by atoms with Crippen LogP contribution in [0.25, 0.3) is 0 Å².